The monoisotopic (exact) mass is 302 g/mol. The molecule has 0 N–H and O–H groups in total. The summed E-state index contributed by atoms with van der Waals surface area (Å²) >= 11 is 0. The number of Topliss-reactive ketones (excluding diaryl/α,β-unsaturated/α-hetero) is 1. The van der Waals surface area contributed by atoms with Crippen LogP contribution in [0.5, 0.6) is 0 Å². The molecular formula is C19H30N2O. The van der Waals surface area contributed by atoms with E-state index in [0.717, 1.165) is 39.0 Å². The molecule has 22 heavy (non-hydrogen) atoms. The van der Waals surface area contributed by atoms with Crippen molar-refractivity contribution in [2.75, 3.05) is 26.2 Å². The summed E-state index contributed by atoms with van der Waals surface area (Å²) in [5.41, 5.74) is 2.57. The minimum absolute atomic E-state index is 0.147. The van der Waals surface area contributed by atoms with Crippen LogP contribution in [0.1, 0.15) is 47.5 Å². The van der Waals surface area contributed by atoms with Crippen molar-refractivity contribution in [1.29, 1.82) is 0 Å². The summed E-state index contributed by atoms with van der Waals surface area (Å²) in [5.74, 6) is 0.496. The Labute approximate surface area is 135 Å². The van der Waals surface area contributed by atoms with Crippen molar-refractivity contribution in [3.05, 3.63) is 23.3 Å². The average Bonchev–Trinajstić information content (AvgIpc) is 2.38. The zero-order chi connectivity index (χ0) is 16.1. The lowest BCUT2D eigenvalue weighted by Gasteiger charge is -2.64. The smallest absolute Gasteiger partial charge is 0.149 e. The molecule has 0 saturated carbocycles. The van der Waals surface area contributed by atoms with Gasteiger partial charge in [-0.15, -0.1) is 0 Å². The number of allylic oxidation sites excluding steroid dienone is 3. The third-order valence-corrected chi connectivity index (χ3v) is 5.58. The Morgan fingerprint density at radius 3 is 2.05 bits per heavy atom. The van der Waals surface area contributed by atoms with Gasteiger partial charge in [-0.3, -0.25) is 14.6 Å². The summed E-state index contributed by atoms with van der Waals surface area (Å²) in [5, 5.41) is 0. The molecule has 3 heteroatoms. The maximum atomic E-state index is 12.7. The number of ketones is 1. The topological polar surface area (TPSA) is 23.6 Å². The van der Waals surface area contributed by atoms with E-state index in [2.05, 4.69) is 56.6 Å². The predicted octanol–water partition coefficient (Wildman–Crippen LogP) is 3.23. The highest BCUT2D eigenvalue weighted by Gasteiger charge is 2.61. The van der Waals surface area contributed by atoms with Gasteiger partial charge in [-0.2, -0.15) is 0 Å². The van der Waals surface area contributed by atoms with Gasteiger partial charge in [0.05, 0.1) is 17.0 Å². The zero-order valence-electron chi connectivity index (χ0n) is 14.8. The lowest BCUT2D eigenvalue weighted by Crippen LogP contribution is -2.77. The fraction of sp³-hybridized carbons (Fsp3) is 0.737. The first-order chi connectivity index (χ1) is 10.2. The summed E-state index contributed by atoms with van der Waals surface area (Å²) in [6.07, 6.45) is 7.42. The van der Waals surface area contributed by atoms with E-state index in [9.17, 15) is 4.79 Å². The van der Waals surface area contributed by atoms with Crippen LogP contribution in [-0.4, -0.2) is 47.9 Å². The number of rotatable bonds is 4. The van der Waals surface area contributed by atoms with Crippen LogP contribution in [0.3, 0.4) is 0 Å². The van der Waals surface area contributed by atoms with Gasteiger partial charge in [-0.1, -0.05) is 37.1 Å². The van der Waals surface area contributed by atoms with Gasteiger partial charge >= 0.3 is 0 Å². The van der Waals surface area contributed by atoms with Crippen LogP contribution >= 0.6 is 0 Å². The van der Waals surface area contributed by atoms with Crippen LogP contribution in [0.25, 0.3) is 0 Å². The SMILES string of the molecule is CC(C)=CCC/C(C)=C\C1N2CC3(C)CN1CC(C)(C2)C3=O. The van der Waals surface area contributed by atoms with Crippen LogP contribution < -0.4 is 0 Å². The zero-order valence-corrected chi connectivity index (χ0v) is 14.8. The summed E-state index contributed by atoms with van der Waals surface area (Å²) in [7, 11) is 0. The molecule has 0 aromatic carbocycles. The third kappa shape index (κ3) is 2.59. The summed E-state index contributed by atoms with van der Waals surface area (Å²) in [6.45, 7) is 14.6. The summed E-state index contributed by atoms with van der Waals surface area (Å²) in [6, 6.07) is 0. The van der Waals surface area contributed by atoms with Gasteiger partial charge in [-0.25, -0.2) is 0 Å². The number of carbonyl (C=O) groups excluding carboxylic acids is 1. The number of hydrogen-bond acceptors (Lipinski definition) is 3. The molecule has 0 aromatic rings. The standard InChI is InChI=1S/C19H30N2O/c1-14(2)7-6-8-15(3)9-16-20-10-18(4)11-21(16)13-19(5,12-20)17(18)22/h7,9,16H,6,8,10-13H2,1-5H3/b15-9-. The molecule has 4 heterocycles. The van der Waals surface area contributed by atoms with Gasteiger partial charge in [0.15, 0.2) is 0 Å². The largest absolute Gasteiger partial charge is 0.298 e. The van der Waals surface area contributed by atoms with Crippen LogP contribution in [0, 0.1) is 10.8 Å². The second-order valence-electron chi connectivity index (χ2n) is 8.51. The maximum absolute atomic E-state index is 12.7. The Morgan fingerprint density at radius 1 is 1.09 bits per heavy atom. The van der Waals surface area contributed by atoms with Crippen LogP contribution in [0.15, 0.2) is 23.3 Å². The molecule has 0 spiro atoms. The van der Waals surface area contributed by atoms with Crippen molar-refractivity contribution in [2.24, 2.45) is 10.8 Å². The van der Waals surface area contributed by atoms with Gasteiger partial charge in [0.1, 0.15) is 5.78 Å². The van der Waals surface area contributed by atoms with Gasteiger partial charge in [0.2, 0.25) is 0 Å². The number of carbonyl (C=O) groups is 1. The van der Waals surface area contributed by atoms with E-state index in [1.165, 1.54) is 11.1 Å². The van der Waals surface area contributed by atoms with Crippen molar-refractivity contribution in [3.8, 4) is 0 Å². The fourth-order valence-corrected chi connectivity index (χ4v) is 4.76. The van der Waals surface area contributed by atoms with Gasteiger partial charge in [-0.05, 0) is 33.6 Å². The lowest BCUT2D eigenvalue weighted by molar-refractivity contribution is -0.188. The van der Waals surface area contributed by atoms with E-state index in [4.69, 9.17) is 0 Å². The van der Waals surface area contributed by atoms with E-state index >= 15 is 0 Å². The molecular weight excluding hydrogens is 272 g/mol. The van der Waals surface area contributed by atoms with E-state index in [1.807, 2.05) is 0 Å². The van der Waals surface area contributed by atoms with Gasteiger partial charge in [0, 0.05) is 26.2 Å². The first-order valence-electron chi connectivity index (χ1n) is 8.57. The summed E-state index contributed by atoms with van der Waals surface area (Å²) in [4.78, 5) is 17.7. The van der Waals surface area contributed by atoms with Crippen molar-refractivity contribution in [2.45, 2.75) is 53.6 Å². The third-order valence-electron chi connectivity index (χ3n) is 5.58. The highest BCUT2D eigenvalue weighted by molar-refractivity contribution is 5.92. The maximum Gasteiger partial charge on any atom is 0.149 e. The first kappa shape index (κ1) is 15.9. The Bertz CT molecular complexity index is 502. The first-order valence-corrected chi connectivity index (χ1v) is 8.57. The van der Waals surface area contributed by atoms with Crippen molar-refractivity contribution < 1.29 is 4.79 Å². The quantitative estimate of drug-likeness (QED) is 0.745. The summed E-state index contributed by atoms with van der Waals surface area (Å²) < 4.78 is 0. The van der Waals surface area contributed by atoms with Crippen molar-refractivity contribution in [3.63, 3.8) is 0 Å². The normalized spacial score (nSPS) is 43.6. The fourth-order valence-electron chi connectivity index (χ4n) is 4.76. The molecule has 4 bridgehead atoms. The minimum Gasteiger partial charge on any atom is -0.298 e. The second-order valence-corrected chi connectivity index (χ2v) is 8.51. The van der Waals surface area contributed by atoms with E-state index < -0.39 is 0 Å². The highest BCUT2D eigenvalue weighted by Crippen LogP contribution is 2.48. The Kier molecular flexibility index (Phi) is 3.85. The molecule has 0 aliphatic carbocycles. The number of hydrogen-bond donors (Lipinski definition) is 0. The molecule has 0 aromatic heterocycles. The molecule has 4 aliphatic rings. The number of nitrogens with zero attached hydrogens (tertiary/aromatic N) is 2. The predicted molar refractivity (Wildman–Crippen MR) is 90.6 cm³/mol. The second kappa shape index (κ2) is 5.31. The molecule has 0 radical (unpaired) electrons. The molecule has 0 atom stereocenters. The molecule has 0 unspecified atom stereocenters. The van der Waals surface area contributed by atoms with E-state index in [-0.39, 0.29) is 10.8 Å². The minimum atomic E-state index is -0.147. The van der Waals surface area contributed by atoms with Gasteiger partial charge in [0.25, 0.3) is 0 Å². The Balaban J connectivity index is 1.73. The molecule has 3 nitrogen and oxygen atoms in total. The highest BCUT2D eigenvalue weighted by atomic mass is 16.1. The lowest BCUT2D eigenvalue weighted by atomic mass is 9.62. The van der Waals surface area contributed by atoms with Crippen LogP contribution in [0.4, 0.5) is 0 Å². The molecule has 0 amide bonds. The average molecular weight is 302 g/mol. The molecule has 122 valence electrons. The van der Waals surface area contributed by atoms with Crippen LogP contribution in [-0.2, 0) is 4.79 Å². The Hall–Kier alpha value is -0.930. The number of piperidine rings is 2. The van der Waals surface area contributed by atoms with Crippen molar-refractivity contribution in [1.82, 2.24) is 9.80 Å². The molecule has 4 saturated heterocycles. The van der Waals surface area contributed by atoms with Crippen LogP contribution in [0.2, 0.25) is 0 Å². The molecule has 4 aliphatic heterocycles. The van der Waals surface area contributed by atoms with E-state index in [0.29, 0.717) is 11.9 Å². The van der Waals surface area contributed by atoms with Crippen molar-refractivity contribution >= 4 is 5.78 Å². The van der Waals surface area contributed by atoms with Gasteiger partial charge < -0.3 is 0 Å². The molecule has 4 rings (SSSR count). The van der Waals surface area contributed by atoms with E-state index in [1.54, 1.807) is 0 Å². The molecule has 4 fully saturated rings. The Morgan fingerprint density at radius 2 is 1.59 bits per heavy atom.